The van der Waals surface area contributed by atoms with Crippen molar-refractivity contribution in [3.63, 3.8) is 0 Å². The molecule has 4 rings (SSSR count). The topological polar surface area (TPSA) is 154 Å². The van der Waals surface area contributed by atoms with E-state index < -0.39 is 29.1 Å². The van der Waals surface area contributed by atoms with Crippen LogP contribution in [0.1, 0.15) is 22.8 Å². The van der Waals surface area contributed by atoms with E-state index in [9.17, 15) is 20.0 Å². The third kappa shape index (κ3) is 3.35. The number of benzene rings is 1. The molecule has 3 heterocycles. The normalized spacial score (nSPS) is 25.5. The summed E-state index contributed by atoms with van der Waals surface area (Å²) in [6.45, 7) is 0.266. The number of hydrogen-bond acceptors (Lipinski definition) is 9. The number of nitro groups is 1. The molecule has 12 nitrogen and oxygen atoms in total. The maximum atomic E-state index is 12.2. The summed E-state index contributed by atoms with van der Waals surface area (Å²) < 4.78 is 12.6. The number of phenols is 1. The highest BCUT2D eigenvalue weighted by Gasteiger charge is 2.44. The van der Waals surface area contributed by atoms with Gasteiger partial charge < -0.3 is 24.7 Å². The number of carbonyl (C=O) groups excluding carboxylic acids is 1. The number of aromatic nitrogens is 3. The van der Waals surface area contributed by atoms with E-state index in [1.54, 1.807) is 6.07 Å². The van der Waals surface area contributed by atoms with Gasteiger partial charge in [0.2, 0.25) is 6.33 Å². The van der Waals surface area contributed by atoms with Crippen LogP contribution in [0.3, 0.4) is 0 Å². The van der Waals surface area contributed by atoms with E-state index in [2.05, 4.69) is 20.6 Å². The van der Waals surface area contributed by atoms with Crippen molar-refractivity contribution in [2.45, 2.75) is 24.9 Å². The average molecular weight is 374 g/mol. The van der Waals surface area contributed by atoms with E-state index >= 15 is 0 Å². The van der Waals surface area contributed by atoms with Gasteiger partial charge in [0.1, 0.15) is 17.9 Å². The van der Waals surface area contributed by atoms with Gasteiger partial charge in [0, 0.05) is 17.1 Å². The van der Waals surface area contributed by atoms with Crippen LogP contribution in [-0.2, 0) is 9.47 Å². The lowest BCUT2D eigenvalue weighted by Crippen LogP contribution is -2.38. The monoisotopic (exact) mass is 374 g/mol. The first kappa shape index (κ1) is 17.1. The maximum Gasteiger partial charge on any atom is 0.490 e. The molecule has 3 unspecified atom stereocenters. The predicted molar refractivity (Wildman–Crippen MR) is 88.0 cm³/mol. The summed E-state index contributed by atoms with van der Waals surface area (Å²) in [7, 11) is 0. The highest BCUT2D eigenvalue weighted by Crippen LogP contribution is 2.33. The molecule has 1 amide bonds. The van der Waals surface area contributed by atoms with E-state index in [0.717, 1.165) is 0 Å². The molecule has 2 bridgehead atoms. The Morgan fingerprint density at radius 3 is 3.07 bits per heavy atom. The quantitative estimate of drug-likeness (QED) is 0.574. The van der Waals surface area contributed by atoms with Crippen molar-refractivity contribution >= 4 is 17.6 Å². The van der Waals surface area contributed by atoms with Gasteiger partial charge in [-0.1, -0.05) is 11.1 Å². The molecule has 2 saturated heterocycles. The number of rotatable bonds is 4. The lowest BCUT2D eigenvalue weighted by molar-refractivity contribution is -0.394. The van der Waals surface area contributed by atoms with Crippen LogP contribution < -0.4 is 5.43 Å². The molecular formula is C15H14N6O6. The van der Waals surface area contributed by atoms with Crippen LogP contribution in [0.25, 0.3) is 0 Å². The minimum atomic E-state index is -0.700. The maximum absolute atomic E-state index is 12.2. The summed E-state index contributed by atoms with van der Waals surface area (Å²) in [5.74, 6) is -1.05. The van der Waals surface area contributed by atoms with Crippen molar-refractivity contribution in [2.24, 2.45) is 5.10 Å². The number of carbonyl (C=O) groups is 1. The molecule has 2 aliphatic rings. The molecule has 2 N–H and O–H groups in total. The molecule has 0 aliphatic carbocycles. The minimum Gasteiger partial charge on any atom is -0.508 e. The highest BCUT2D eigenvalue weighted by atomic mass is 16.7. The van der Waals surface area contributed by atoms with E-state index in [0.29, 0.717) is 12.1 Å². The molecule has 3 atom stereocenters. The van der Waals surface area contributed by atoms with Gasteiger partial charge in [-0.25, -0.2) is 5.43 Å². The Hall–Kier alpha value is -3.38. The fraction of sp³-hybridized carbons (Fsp3) is 0.333. The van der Waals surface area contributed by atoms with Crippen molar-refractivity contribution in [3.05, 3.63) is 46.3 Å². The zero-order valence-electron chi connectivity index (χ0n) is 13.8. The Kier molecular flexibility index (Phi) is 4.25. The third-order valence-electron chi connectivity index (χ3n) is 4.24. The lowest BCUT2D eigenvalue weighted by Gasteiger charge is -2.26. The highest BCUT2D eigenvalue weighted by molar-refractivity contribution is 5.96. The van der Waals surface area contributed by atoms with Gasteiger partial charge in [0.15, 0.2) is 6.29 Å². The van der Waals surface area contributed by atoms with Crippen LogP contribution in [0.2, 0.25) is 0 Å². The third-order valence-corrected chi connectivity index (χ3v) is 4.24. The van der Waals surface area contributed by atoms with Crippen molar-refractivity contribution < 1.29 is 24.3 Å². The summed E-state index contributed by atoms with van der Waals surface area (Å²) in [5, 5.41) is 28.1. The zero-order valence-corrected chi connectivity index (χ0v) is 13.8. The Labute approximate surface area is 151 Å². The Bertz CT molecular complexity index is 927. The van der Waals surface area contributed by atoms with Crippen LogP contribution in [0.4, 0.5) is 5.95 Å². The van der Waals surface area contributed by atoms with Crippen LogP contribution in [0.5, 0.6) is 5.75 Å². The molecule has 27 heavy (non-hydrogen) atoms. The number of amides is 1. The second kappa shape index (κ2) is 6.74. The number of ether oxygens (including phenoxy) is 2. The van der Waals surface area contributed by atoms with Gasteiger partial charge >= 0.3 is 5.95 Å². The van der Waals surface area contributed by atoms with E-state index in [4.69, 9.17) is 9.47 Å². The molecule has 2 aromatic rings. The van der Waals surface area contributed by atoms with Gasteiger partial charge in [0.25, 0.3) is 5.91 Å². The number of fused-ring (bicyclic) bond motifs is 2. The number of aromatic hydroxyl groups is 1. The summed E-state index contributed by atoms with van der Waals surface area (Å²) in [4.78, 5) is 25.9. The number of hydrogen-bond donors (Lipinski definition) is 2. The second-order valence-corrected chi connectivity index (χ2v) is 5.99. The van der Waals surface area contributed by atoms with Gasteiger partial charge in [0.05, 0.1) is 12.3 Å². The number of phenolic OH excluding ortho intramolecular Hbond substituents is 1. The molecule has 1 aromatic heterocycles. The van der Waals surface area contributed by atoms with Crippen molar-refractivity contribution in [2.75, 3.05) is 6.61 Å². The van der Waals surface area contributed by atoms with Crippen molar-refractivity contribution in [1.29, 1.82) is 0 Å². The molecule has 140 valence electrons. The summed E-state index contributed by atoms with van der Waals surface area (Å²) in [6.07, 6.45) is 0.524. The standard InChI is InChI=1S/C15H14N6O6/c22-9-3-1-2-8(4-9)13(23)18-17-10-5-11(12-6-26-14(10)27-12)20-7-16-15(19-20)21(24)25/h1-4,7,11-12,14,22H,5-6H2,(H,18,23). The Morgan fingerprint density at radius 2 is 2.33 bits per heavy atom. The number of nitrogens with zero attached hydrogens (tertiary/aromatic N) is 5. The first-order valence-corrected chi connectivity index (χ1v) is 7.99. The fourth-order valence-corrected chi connectivity index (χ4v) is 2.94. The molecule has 2 fully saturated rings. The number of nitrogens with one attached hydrogen (secondary N) is 1. The van der Waals surface area contributed by atoms with E-state index in [1.165, 1.54) is 29.2 Å². The SMILES string of the molecule is O=C(NN=C1CC(n2cnc([N+](=O)[O-])n2)C2COC1O2)c1cccc(O)c1. The smallest absolute Gasteiger partial charge is 0.490 e. The molecule has 0 spiro atoms. The summed E-state index contributed by atoms with van der Waals surface area (Å²) in [5.41, 5.74) is 3.06. The largest absolute Gasteiger partial charge is 0.508 e. The van der Waals surface area contributed by atoms with Crippen LogP contribution in [0.15, 0.2) is 35.7 Å². The fourth-order valence-electron chi connectivity index (χ4n) is 2.94. The molecule has 12 heteroatoms. The van der Waals surface area contributed by atoms with Crippen LogP contribution in [-0.4, -0.2) is 55.4 Å². The van der Waals surface area contributed by atoms with Crippen LogP contribution >= 0.6 is 0 Å². The average Bonchev–Trinajstić information content (AvgIpc) is 3.30. The lowest BCUT2D eigenvalue weighted by atomic mass is 10.0. The molecule has 0 radical (unpaired) electrons. The van der Waals surface area contributed by atoms with Crippen molar-refractivity contribution in [3.8, 4) is 5.75 Å². The second-order valence-electron chi connectivity index (χ2n) is 5.99. The first-order chi connectivity index (χ1) is 13.0. The molecule has 2 aliphatic heterocycles. The Morgan fingerprint density at radius 1 is 1.48 bits per heavy atom. The Balaban J connectivity index is 1.51. The zero-order chi connectivity index (χ0) is 19.0. The van der Waals surface area contributed by atoms with Gasteiger partial charge in [-0.15, -0.1) is 0 Å². The van der Waals surface area contributed by atoms with E-state index in [1.807, 2.05) is 0 Å². The number of hydrazone groups is 1. The van der Waals surface area contributed by atoms with Crippen molar-refractivity contribution in [1.82, 2.24) is 20.2 Å². The van der Waals surface area contributed by atoms with Gasteiger partial charge in [-0.05, 0) is 23.1 Å². The molecule has 1 aromatic carbocycles. The first-order valence-electron chi connectivity index (χ1n) is 7.99. The molecule has 0 saturated carbocycles. The minimum absolute atomic E-state index is 0.0360. The van der Waals surface area contributed by atoms with Crippen LogP contribution in [0, 0.1) is 10.1 Å². The van der Waals surface area contributed by atoms with Gasteiger partial charge in [-0.2, -0.15) is 9.78 Å². The van der Waals surface area contributed by atoms with Gasteiger partial charge in [-0.3, -0.25) is 4.79 Å². The molecular weight excluding hydrogens is 360 g/mol. The van der Waals surface area contributed by atoms with E-state index in [-0.39, 0.29) is 24.0 Å². The summed E-state index contributed by atoms with van der Waals surface area (Å²) >= 11 is 0. The summed E-state index contributed by atoms with van der Waals surface area (Å²) in [6, 6.07) is 5.44. The predicted octanol–water partition coefficient (Wildman–Crippen LogP) is 0.364.